The van der Waals surface area contributed by atoms with Gasteiger partial charge in [-0.1, -0.05) is 0 Å². The Kier molecular flexibility index (Phi) is 5.53. The number of pyridine rings is 1. The van der Waals surface area contributed by atoms with Gasteiger partial charge in [-0.3, -0.25) is 4.98 Å². The second-order valence-corrected chi connectivity index (χ2v) is 6.46. The van der Waals surface area contributed by atoms with Crippen molar-refractivity contribution in [1.29, 1.82) is 0 Å². The molecule has 1 amide bonds. The van der Waals surface area contributed by atoms with E-state index in [4.69, 9.17) is 5.73 Å². The molecule has 2 aromatic heterocycles. The molecule has 5 heteroatoms. The average molecular weight is 504 g/mol. The Hall–Kier alpha value is -1.93. The van der Waals surface area contributed by atoms with Crippen LogP contribution < -0.4 is 0 Å². The molecule has 0 aliphatic carbocycles. The maximum atomic E-state index is 11.8. The second-order valence-electron chi connectivity index (χ2n) is 6.46. The summed E-state index contributed by atoms with van der Waals surface area (Å²) in [4.78, 5) is 16.1. The molecule has 0 spiro atoms. The minimum Gasteiger partial charge on any atom is -0.662 e. The van der Waals surface area contributed by atoms with Crippen molar-refractivity contribution in [2.75, 3.05) is 0 Å². The predicted molar refractivity (Wildman–Crippen MR) is 97.6 cm³/mol. The quantitative estimate of drug-likeness (QED) is 0.514. The summed E-state index contributed by atoms with van der Waals surface area (Å²) in [5.41, 5.74) is 17.3. The van der Waals surface area contributed by atoms with Crippen LogP contribution in [0.5, 0.6) is 0 Å². The number of fused-ring (bicyclic) bond motifs is 1. The maximum absolute atomic E-state index is 11.8. The number of benzene rings is 1. The standard InChI is InChI=1S/C20H23N3O.W/c1-11-12(2)14(4)16(15(5)13(11)3)10-23-18-7-6-8-22-17(18)9-19(23)20(21)24;/h6-9H,10H2,1-5H3,(H2,21,24);/p-1. The first kappa shape index (κ1) is 19.4. The van der Waals surface area contributed by atoms with Gasteiger partial charge in [0.25, 0.3) is 0 Å². The summed E-state index contributed by atoms with van der Waals surface area (Å²) >= 11 is 0. The molecule has 4 nitrogen and oxygen atoms in total. The van der Waals surface area contributed by atoms with E-state index in [1.807, 2.05) is 16.7 Å². The van der Waals surface area contributed by atoms with Crippen LogP contribution in [0.3, 0.4) is 0 Å². The topological polar surface area (TPSA) is 58.7 Å². The SMILES string of the molecule is Cc1c(C)c(C)c(Cn2c(C([NH-])=O)cc3ncccc32)c(C)c1C.[W]. The molecule has 1 N–H and O–H groups in total. The number of carbonyl (C=O) groups excluding carboxylic acids is 1. The molecule has 3 aromatic rings. The van der Waals surface area contributed by atoms with Gasteiger partial charge in [0.1, 0.15) is 0 Å². The fourth-order valence-corrected chi connectivity index (χ4v) is 3.42. The van der Waals surface area contributed by atoms with Gasteiger partial charge in [-0.15, -0.1) is 0 Å². The molecule has 25 heavy (non-hydrogen) atoms. The van der Waals surface area contributed by atoms with Gasteiger partial charge in [-0.25, -0.2) is 0 Å². The van der Waals surface area contributed by atoms with Crippen molar-refractivity contribution in [2.24, 2.45) is 0 Å². The number of carbonyl (C=O) groups is 1. The number of hydrogen-bond acceptors (Lipinski definition) is 2. The molecule has 0 aliphatic rings. The first-order valence-corrected chi connectivity index (χ1v) is 8.09. The van der Waals surface area contributed by atoms with E-state index in [0.29, 0.717) is 12.2 Å². The first-order chi connectivity index (χ1) is 11.3. The van der Waals surface area contributed by atoms with E-state index in [2.05, 4.69) is 39.6 Å². The van der Waals surface area contributed by atoms with Gasteiger partial charge in [-0.2, -0.15) is 0 Å². The molecule has 2 heterocycles. The summed E-state index contributed by atoms with van der Waals surface area (Å²) < 4.78 is 1.92. The van der Waals surface area contributed by atoms with Crippen LogP contribution in [0.25, 0.3) is 16.8 Å². The molecule has 0 radical (unpaired) electrons. The second kappa shape index (κ2) is 7.13. The van der Waals surface area contributed by atoms with Gasteiger partial charge >= 0.3 is 0 Å². The Morgan fingerprint density at radius 1 is 1.04 bits per heavy atom. The van der Waals surface area contributed by atoms with E-state index in [0.717, 1.165) is 11.0 Å². The van der Waals surface area contributed by atoms with Crippen molar-refractivity contribution in [2.45, 2.75) is 41.2 Å². The van der Waals surface area contributed by atoms with E-state index < -0.39 is 5.91 Å². The molecule has 0 fully saturated rings. The van der Waals surface area contributed by atoms with Gasteiger partial charge in [0, 0.05) is 33.8 Å². The third-order valence-electron chi connectivity index (χ3n) is 5.38. The van der Waals surface area contributed by atoms with Gasteiger partial charge < -0.3 is 15.1 Å². The molecular formula is C20H22N3OW-. The number of aromatic nitrogens is 2. The third kappa shape index (κ3) is 3.16. The summed E-state index contributed by atoms with van der Waals surface area (Å²) in [5, 5.41) is 0. The Morgan fingerprint density at radius 3 is 2.16 bits per heavy atom. The summed E-state index contributed by atoms with van der Waals surface area (Å²) in [7, 11) is 0. The monoisotopic (exact) mass is 504 g/mol. The normalized spacial score (nSPS) is 10.8. The number of nitrogens with one attached hydrogen (secondary N) is 1. The van der Waals surface area contributed by atoms with Crippen molar-refractivity contribution in [3.05, 3.63) is 69.2 Å². The van der Waals surface area contributed by atoms with Crippen molar-refractivity contribution in [3.8, 4) is 0 Å². The predicted octanol–water partition coefficient (Wildman–Crippen LogP) is 4.82. The van der Waals surface area contributed by atoms with Crippen LogP contribution in [0.2, 0.25) is 0 Å². The Balaban J connectivity index is 0.00000225. The molecule has 3 rings (SSSR count). The average Bonchev–Trinajstić information content (AvgIpc) is 2.94. The molecule has 0 saturated heterocycles. The van der Waals surface area contributed by atoms with Crippen LogP contribution >= 0.6 is 0 Å². The smallest absolute Gasteiger partial charge is 0.0964 e. The molecule has 130 valence electrons. The van der Waals surface area contributed by atoms with Crippen molar-refractivity contribution in [3.63, 3.8) is 0 Å². The molecule has 0 unspecified atom stereocenters. The summed E-state index contributed by atoms with van der Waals surface area (Å²) in [6.07, 6.45) is 1.71. The van der Waals surface area contributed by atoms with Crippen LogP contribution in [0, 0.1) is 34.6 Å². The molecular weight excluding hydrogens is 482 g/mol. The van der Waals surface area contributed by atoms with Crippen molar-refractivity contribution >= 4 is 16.9 Å². The largest absolute Gasteiger partial charge is 0.662 e. The van der Waals surface area contributed by atoms with Gasteiger partial charge in [0.2, 0.25) is 0 Å². The molecule has 1 aromatic carbocycles. The van der Waals surface area contributed by atoms with Gasteiger partial charge in [0.05, 0.1) is 22.6 Å². The van der Waals surface area contributed by atoms with Crippen molar-refractivity contribution in [1.82, 2.24) is 9.55 Å². The zero-order valence-electron chi connectivity index (χ0n) is 15.2. The fraction of sp³-hybridized carbons (Fsp3) is 0.300. The minimum absolute atomic E-state index is 0. The Morgan fingerprint density at radius 2 is 1.60 bits per heavy atom. The number of hydrogen-bond donors (Lipinski definition) is 0. The molecule has 0 aliphatic heterocycles. The number of amides is 1. The van der Waals surface area contributed by atoms with E-state index in [1.165, 1.54) is 33.4 Å². The summed E-state index contributed by atoms with van der Waals surface area (Å²) in [6, 6.07) is 5.53. The van der Waals surface area contributed by atoms with E-state index in [1.54, 1.807) is 12.3 Å². The Labute approximate surface area is 162 Å². The number of nitrogens with zero attached hydrogens (tertiary/aromatic N) is 2. The molecule has 0 saturated carbocycles. The third-order valence-corrected chi connectivity index (χ3v) is 5.38. The molecule has 0 atom stereocenters. The van der Waals surface area contributed by atoms with Crippen LogP contribution in [0.15, 0.2) is 24.4 Å². The zero-order valence-corrected chi connectivity index (χ0v) is 18.2. The van der Waals surface area contributed by atoms with Crippen LogP contribution in [-0.2, 0) is 27.6 Å². The number of rotatable bonds is 3. The summed E-state index contributed by atoms with van der Waals surface area (Å²) in [5.74, 6) is -0.677. The molecule has 0 bridgehead atoms. The minimum atomic E-state index is -0.677. The van der Waals surface area contributed by atoms with Crippen LogP contribution in [0.1, 0.15) is 43.9 Å². The van der Waals surface area contributed by atoms with Gasteiger partial charge in [-0.05, 0) is 86.2 Å². The first-order valence-electron chi connectivity index (χ1n) is 8.09. The van der Waals surface area contributed by atoms with Crippen LogP contribution in [-0.4, -0.2) is 15.5 Å². The van der Waals surface area contributed by atoms with E-state index >= 15 is 0 Å². The fourth-order valence-electron chi connectivity index (χ4n) is 3.42. The van der Waals surface area contributed by atoms with Crippen molar-refractivity contribution < 1.29 is 25.9 Å². The zero-order chi connectivity index (χ0) is 17.6. The van der Waals surface area contributed by atoms with E-state index in [-0.39, 0.29) is 21.1 Å². The van der Waals surface area contributed by atoms with Gasteiger partial charge in [0.15, 0.2) is 0 Å². The Bertz CT molecular complexity index is 944. The van der Waals surface area contributed by atoms with Crippen LogP contribution in [0.4, 0.5) is 0 Å². The van der Waals surface area contributed by atoms with E-state index in [9.17, 15) is 4.79 Å². The maximum Gasteiger partial charge on any atom is 0.0964 e. The summed E-state index contributed by atoms with van der Waals surface area (Å²) in [6.45, 7) is 11.3.